The maximum absolute atomic E-state index is 12.4. The van der Waals surface area contributed by atoms with E-state index in [1.54, 1.807) is 6.07 Å². The molecule has 0 saturated carbocycles. The van der Waals surface area contributed by atoms with Crippen molar-refractivity contribution >= 4 is 17.5 Å². The molecule has 1 aliphatic heterocycles. The monoisotopic (exact) mass is 358 g/mol. The van der Waals surface area contributed by atoms with Gasteiger partial charge in [-0.05, 0) is 56.6 Å². The number of nitrogens with zero attached hydrogens (tertiary/aromatic N) is 1. The predicted octanol–water partition coefficient (Wildman–Crippen LogP) is 3.92. The summed E-state index contributed by atoms with van der Waals surface area (Å²) in [5.41, 5.74) is 2.90. The summed E-state index contributed by atoms with van der Waals surface area (Å²) in [5.74, 6) is -0.203. The molecule has 0 bridgehead atoms. The Labute approximate surface area is 153 Å². The highest BCUT2D eigenvalue weighted by Crippen LogP contribution is 2.26. The number of carbonyl (C=O) groups excluding carboxylic acids is 1. The van der Waals surface area contributed by atoms with Gasteiger partial charge in [0.15, 0.2) is 0 Å². The van der Waals surface area contributed by atoms with Gasteiger partial charge in [0.2, 0.25) is 0 Å². The number of likely N-dealkylation sites (tertiary alicyclic amines) is 1. The number of hydrogen-bond acceptors (Lipinski definition) is 3. The fourth-order valence-electron chi connectivity index (χ4n) is 3.24. The van der Waals surface area contributed by atoms with Gasteiger partial charge in [0, 0.05) is 12.1 Å². The molecule has 0 spiro atoms. The topological polar surface area (TPSA) is 52.6 Å². The lowest BCUT2D eigenvalue weighted by molar-refractivity contribution is 0.0938. The van der Waals surface area contributed by atoms with Gasteiger partial charge in [0.05, 0.1) is 11.1 Å². The molecule has 25 heavy (non-hydrogen) atoms. The summed E-state index contributed by atoms with van der Waals surface area (Å²) in [4.78, 5) is 14.9. The molecule has 1 fully saturated rings. The average Bonchev–Trinajstić information content (AvgIpc) is 3.13. The highest BCUT2D eigenvalue weighted by atomic mass is 35.5. The molecule has 1 atom stereocenters. The van der Waals surface area contributed by atoms with E-state index in [1.165, 1.54) is 36.1 Å². The first kappa shape index (κ1) is 17.8. The summed E-state index contributed by atoms with van der Waals surface area (Å²) in [6.07, 6.45) is 2.40. The molecule has 0 unspecified atom stereocenters. The van der Waals surface area contributed by atoms with Crippen molar-refractivity contribution in [1.29, 1.82) is 0 Å². The largest absolute Gasteiger partial charge is 0.506 e. The van der Waals surface area contributed by atoms with Crippen molar-refractivity contribution in [2.24, 2.45) is 0 Å². The molecule has 1 amide bonds. The number of carbonyl (C=O) groups is 1. The van der Waals surface area contributed by atoms with Crippen LogP contribution in [0.1, 0.15) is 40.4 Å². The number of halogens is 1. The molecule has 3 rings (SSSR count). The number of aryl methyl sites for hydroxylation is 1. The molecular weight excluding hydrogens is 336 g/mol. The van der Waals surface area contributed by atoms with Gasteiger partial charge in [-0.25, -0.2) is 0 Å². The van der Waals surface area contributed by atoms with Gasteiger partial charge in [0.25, 0.3) is 5.91 Å². The fraction of sp³-hybridized carbons (Fsp3) is 0.350. The van der Waals surface area contributed by atoms with E-state index in [2.05, 4.69) is 41.4 Å². The first-order valence-electron chi connectivity index (χ1n) is 8.62. The smallest absolute Gasteiger partial charge is 0.251 e. The van der Waals surface area contributed by atoms with Crippen LogP contribution in [0.2, 0.25) is 5.02 Å². The number of rotatable bonds is 5. The van der Waals surface area contributed by atoms with E-state index in [-0.39, 0.29) is 22.7 Å². The van der Waals surface area contributed by atoms with Gasteiger partial charge in [0.1, 0.15) is 5.75 Å². The molecule has 1 aliphatic rings. The van der Waals surface area contributed by atoms with Crippen molar-refractivity contribution in [2.75, 3.05) is 19.6 Å². The Morgan fingerprint density at radius 3 is 2.52 bits per heavy atom. The van der Waals surface area contributed by atoms with E-state index < -0.39 is 0 Å². The van der Waals surface area contributed by atoms with E-state index in [9.17, 15) is 9.90 Å². The zero-order chi connectivity index (χ0) is 17.8. The van der Waals surface area contributed by atoms with Gasteiger partial charge in [-0.3, -0.25) is 9.69 Å². The number of nitrogens with one attached hydrogen (secondary N) is 1. The van der Waals surface area contributed by atoms with Crippen LogP contribution in [0.25, 0.3) is 0 Å². The molecule has 0 aromatic heterocycles. The third-order valence-electron chi connectivity index (χ3n) is 4.71. The van der Waals surface area contributed by atoms with Crippen LogP contribution in [-0.4, -0.2) is 35.5 Å². The molecule has 132 valence electrons. The minimum atomic E-state index is -0.182. The predicted molar refractivity (Wildman–Crippen MR) is 100 cm³/mol. The molecular formula is C20H23ClN2O2. The van der Waals surface area contributed by atoms with Crippen molar-refractivity contribution in [3.05, 3.63) is 64.2 Å². The first-order chi connectivity index (χ1) is 12.0. The minimum Gasteiger partial charge on any atom is -0.506 e. The number of amides is 1. The van der Waals surface area contributed by atoms with Gasteiger partial charge in [-0.15, -0.1) is 0 Å². The van der Waals surface area contributed by atoms with Crippen LogP contribution >= 0.6 is 11.6 Å². The fourth-order valence-corrected chi connectivity index (χ4v) is 3.42. The maximum Gasteiger partial charge on any atom is 0.251 e. The molecule has 1 saturated heterocycles. The van der Waals surface area contributed by atoms with Crippen molar-refractivity contribution in [3.63, 3.8) is 0 Å². The number of phenolic OH excluding ortho intramolecular Hbond substituents is 1. The molecule has 4 nitrogen and oxygen atoms in total. The van der Waals surface area contributed by atoms with Crippen LogP contribution in [0, 0.1) is 6.92 Å². The van der Waals surface area contributed by atoms with Gasteiger partial charge >= 0.3 is 0 Å². The zero-order valence-corrected chi connectivity index (χ0v) is 15.1. The lowest BCUT2D eigenvalue weighted by atomic mass is 10.0. The standard InChI is InChI=1S/C20H23ClN2O2/c1-14-4-6-15(7-5-14)18(23-10-2-3-11-23)13-22-20(25)16-8-9-19(24)17(21)12-16/h4-9,12,18,24H,2-3,10-11,13H2,1H3,(H,22,25)/t18-/m1/s1. The second kappa shape index (κ2) is 7.89. The molecule has 2 N–H and O–H groups in total. The molecule has 2 aromatic carbocycles. The summed E-state index contributed by atoms with van der Waals surface area (Å²) < 4.78 is 0. The molecule has 5 heteroatoms. The molecule has 0 aliphatic carbocycles. The summed E-state index contributed by atoms with van der Waals surface area (Å²) in [5, 5.41) is 12.7. The number of aromatic hydroxyl groups is 1. The number of phenols is 1. The van der Waals surface area contributed by atoms with E-state index >= 15 is 0 Å². The average molecular weight is 359 g/mol. The van der Waals surface area contributed by atoms with E-state index in [0.29, 0.717) is 12.1 Å². The summed E-state index contributed by atoms with van der Waals surface area (Å²) in [6, 6.07) is 13.2. The van der Waals surface area contributed by atoms with Crippen molar-refractivity contribution in [3.8, 4) is 5.75 Å². The summed E-state index contributed by atoms with van der Waals surface area (Å²) in [6.45, 7) is 4.73. The van der Waals surface area contributed by atoms with Crippen LogP contribution in [0.4, 0.5) is 0 Å². The number of benzene rings is 2. The Morgan fingerprint density at radius 2 is 1.88 bits per heavy atom. The molecule has 0 radical (unpaired) electrons. The SMILES string of the molecule is Cc1ccc([C@@H](CNC(=O)c2ccc(O)c(Cl)c2)N2CCCC2)cc1. The Hall–Kier alpha value is -2.04. The van der Waals surface area contributed by atoms with Crippen LogP contribution in [0.15, 0.2) is 42.5 Å². The van der Waals surface area contributed by atoms with E-state index in [1.807, 2.05) is 0 Å². The lowest BCUT2D eigenvalue weighted by Gasteiger charge is -2.28. The van der Waals surface area contributed by atoms with Crippen molar-refractivity contribution in [1.82, 2.24) is 10.2 Å². The second-order valence-corrected chi connectivity index (χ2v) is 6.95. The Bertz CT molecular complexity index is 740. The normalized spacial score (nSPS) is 15.9. The zero-order valence-electron chi connectivity index (χ0n) is 14.3. The summed E-state index contributed by atoms with van der Waals surface area (Å²) >= 11 is 5.90. The minimum absolute atomic E-state index is 0.0205. The first-order valence-corrected chi connectivity index (χ1v) is 9.00. The van der Waals surface area contributed by atoms with Crippen LogP contribution in [0.5, 0.6) is 5.75 Å². The van der Waals surface area contributed by atoms with Gasteiger partial charge in [-0.2, -0.15) is 0 Å². The number of hydrogen-bond donors (Lipinski definition) is 2. The Morgan fingerprint density at radius 1 is 1.20 bits per heavy atom. The van der Waals surface area contributed by atoms with E-state index in [0.717, 1.165) is 13.1 Å². The summed E-state index contributed by atoms with van der Waals surface area (Å²) in [7, 11) is 0. The molecule has 2 aromatic rings. The van der Waals surface area contributed by atoms with Crippen LogP contribution in [-0.2, 0) is 0 Å². The molecule has 1 heterocycles. The van der Waals surface area contributed by atoms with Crippen LogP contribution in [0.3, 0.4) is 0 Å². The van der Waals surface area contributed by atoms with Crippen molar-refractivity contribution < 1.29 is 9.90 Å². The highest BCUT2D eigenvalue weighted by molar-refractivity contribution is 6.32. The third kappa shape index (κ3) is 4.33. The van der Waals surface area contributed by atoms with Gasteiger partial charge in [-0.1, -0.05) is 41.4 Å². The maximum atomic E-state index is 12.4. The van der Waals surface area contributed by atoms with Gasteiger partial charge < -0.3 is 10.4 Å². The quantitative estimate of drug-likeness (QED) is 0.851. The van der Waals surface area contributed by atoms with Crippen molar-refractivity contribution in [2.45, 2.75) is 25.8 Å². The lowest BCUT2D eigenvalue weighted by Crippen LogP contribution is -2.36. The van der Waals surface area contributed by atoms with E-state index in [4.69, 9.17) is 11.6 Å². The Kier molecular flexibility index (Phi) is 5.61. The highest BCUT2D eigenvalue weighted by Gasteiger charge is 2.24. The third-order valence-corrected chi connectivity index (χ3v) is 5.01. The second-order valence-electron chi connectivity index (χ2n) is 6.55. The van der Waals surface area contributed by atoms with Crippen LogP contribution < -0.4 is 5.32 Å². The Balaban J connectivity index is 1.72.